The van der Waals surface area contributed by atoms with Gasteiger partial charge >= 0.3 is 12.1 Å². The third-order valence-corrected chi connectivity index (χ3v) is 3.97. The largest absolute Gasteiger partial charge is 0.462 e. The van der Waals surface area contributed by atoms with Crippen molar-refractivity contribution in [2.24, 2.45) is 16.6 Å². The molecule has 27 heavy (non-hydrogen) atoms. The maximum absolute atomic E-state index is 12.8. The van der Waals surface area contributed by atoms with E-state index in [9.17, 15) is 22.8 Å². The highest BCUT2D eigenvalue weighted by Crippen LogP contribution is 2.33. The third-order valence-electron chi connectivity index (χ3n) is 3.97. The van der Waals surface area contributed by atoms with Crippen LogP contribution >= 0.6 is 0 Å². The van der Waals surface area contributed by atoms with Gasteiger partial charge in [-0.3, -0.25) is 9.79 Å². The molecule has 1 heterocycles. The van der Waals surface area contributed by atoms with E-state index in [0.29, 0.717) is 0 Å². The topological polar surface area (TPSA) is 85.0 Å². The standard InChI is InChI=1S/C18H20F3N3O3/c1-2-27-17(26)13(8-22)10-23-9-12-6-16(25)24(11-12)15-5-3-4-14(7-15)18(19,20)21/h3-5,7-8,10,12H,2,6,9,11,22H2,1H3. The number of aliphatic imine (C=N–C) groups is 1. The number of carbonyl (C=O) groups is 2. The van der Waals surface area contributed by atoms with E-state index in [4.69, 9.17) is 10.5 Å². The van der Waals surface area contributed by atoms with Crippen molar-refractivity contribution in [1.29, 1.82) is 0 Å². The number of nitrogens with zero attached hydrogens (tertiary/aromatic N) is 2. The molecule has 146 valence electrons. The summed E-state index contributed by atoms with van der Waals surface area (Å²) in [4.78, 5) is 29.2. The molecule has 1 amide bonds. The zero-order chi connectivity index (χ0) is 20.0. The van der Waals surface area contributed by atoms with Crippen LogP contribution in [0.1, 0.15) is 18.9 Å². The number of anilines is 1. The van der Waals surface area contributed by atoms with Gasteiger partial charge in [-0.2, -0.15) is 13.2 Å². The van der Waals surface area contributed by atoms with E-state index >= 15 is 0 Å². The van der Waals surface area contributed by atoms with Gasteiger partial charge in [0, 0.05) is 43.5 Å². The minimum absolute atomic E-state index is 0.0934. The highest BCUT2D eigenvalue weighted by atomic mass is 19.4. The zero-order valence-electron chi connectivity index (χ0n) is 14.7. The van der Waals surface area contributed by atoms with Gasteiger partial charge in [0.1, 0.15) is 0 Å². The van der Waals surface area contributed by atoms with E-state index < -0.39 is 17.7 Å². The van der Waals surface area contributed by atoms with Crippen molar-refractivity contribution >= 4 is 23.8 Å². The van der Waals surface area contributed by atoms with Crippen LogP contribution in [0.5, 0.6) is 0 Å². The van der Waals surface area contributed by atoms with Crippen LogP contribution in [0.4, 0.5) is 18.9 Å². The fourth-order valence-corrected chi connectivity index (χ4v) is 2.68. The first-order valence-electron chi connectivity index (χ1n) is 8.32. The third kappa shape index (κ3) is 5.32. The molecule has 0 aliphatic carbocycles. The summed E-state index contributed by atoms with van der Waals surface area (Å²) in [5.74, 6) is -1.05. The van der Waals surface area contributed by atoms with E-state index in [2.05, 4.69) is 4.99 Å². The van der Waals surface area contributed by atoms with Crippen LogP contribution in [0.15, 0.2) is 41.0 Å². The Labute approximate surface area is 154 Å². The van der Waals surface area contributed by atoms with Crippen molar-refractivity contribution in [1.82, 2.24) is 0 Å². The molecular weight excluding hydrogens is 363 g/mol. The first-order valence-corrected chi connectivity index (χ1v) is 8.32. The van der Waals surface area contributed by atoms with E-state index in [1.54, 1.807) is 6.92 Å². The molecule has 1 aromatic carbocycles. The summed E-state index contributed by atoms with van der Waals surface area (Å²) in [7, 11) is 0. The number of nitrogens with two attached hydrogens (primary N) is 1. The highest BCUT2D eigenvalue weighted by molar-refractivity contribution is 6.09. The molecule has 0 spiro atoms. The molecule has 1 fully saturated rings. The zero-order valence-corrected chi connectivity index (χ0v) is 14.7. The lowest BCUT2D eigenvalue weighted by molar-refractivity contribution is -0.138. The predicted octanol–water partition coefficient (Wildman–Crippen LogP) is 2.53. The maximum Gasteiger partial charge on any atom is 0.416 e. The summed E-state index contributed by atoms with van der Waals surface area (Å²) < 4.78 is 43.4. The highest BCUT2D eigenvalue weighted by Gasteiger charge is 2.34. The van der Waals surface area contributed by atoms with E-state index in [1.165, 1.54) is 23.2 Å². The van der Waals surface area contributed by atoms with Crippen LogP contribution in [-0.2, 0) is 20.5 Å². The van der Waals surface area contributed by atoms with Gasteiger partial charge in [-0.25, -0.2) is 4.79 Å². The molecule has 9 heteroatoms. The van der Waals surface area contributed by atoms with Crippen LogP contribution in [-0.4, -0.2) is 37.8 Å². The molecule has 2 rings (SSSR count). The number of alkyl halides is 3. The van der Waals surface area contributed by atoms with Crippen molar-refractivity contribution in [2.45, 2.75) is 19.5 Å². The lowest BCUT2D eigenvalue weighted by Crippen LogP contribution is -2.25. The van der Waals surface area contributed by atoms with Crippen LogP contribution in [0.25, 0.3) is 0 Å². The first-order chi connectivity index (χ1) is 12.8. The molecule has 0 bridgehead atoms. The van der Waals surface area contributed by atoms with Crippen LogP contribution in [0.3, 0.4) is 0 Å². The second-order valence-electron chi connectivity index (χ2n) is 5.96. The minimum atomic E-state index is -4.47. The summed E-state index contributed by atoms with van der Waals surface area (Å²) in [6.07, 6.45) is -1.96. The van der Waals surface area contributed by atoms with E-state index in [-0.39, 0.29) is 49.2 Å². The first kappa shape index (κ1) is 20.5. The number of halogens is 3. The molecule has 0 radical (unpaired) electrons. The molecule has 1 saturated heterocycles. The summed E-state index contributed by atoms with van der Waals surface area (Å²) in [6.45, 7) is 2.35. The molecule has 1 aromatic rings. The van der Waals surface area contributed by atoms with Crippen LogP contribution < -0.4 is 10.6 Å². The van der Waals surface area contributed by atoms with Crippen molar-refractivity contribution in [3.8, 4) is 0 Å². The van der Waals surface area contributed by atoms with Gasteiger partial charge in [0.05, 0.1) is 17.7 Å². The fraction of sp³-hybridized carbons (Fsp3) is 0.389. The minimum Gasteiger partial charge on any atom is -0.462 e. The number of rotatable bonds is 6. The predicted molar refractivity (Wildman–Crippen MR) is 94.2 cm³/mol. The van der Waals surface area contributed by atoms with Crippen molar-refractivity contribution < 1.29 is 27.5 Å². The normalized spacial score (nSPS) is 18.4. The SMILES string of the molecule is CCOC(=O)C(C=NCC1CC(=O)N(c2cccc(C(F)(F)F)c2)C1)=CN. The average molecular weight is 383 g/mol. The van der Waals surface area contributed by atoms with Crippen molar-refractivity contribution in [3.05, 3.63) is 41.6 Å². The van der Waals surface area contributed by atoms with Gasteiger partial charge in [0.25, 0.3) is 0 Å². The maximum atomic E-state index is 12.8. The monoisotopic (exact) mass is 383 g/mol. The molecule has 1 atom stereocenters. The Morgan fingerprint density at radius 2 is 2.19 bits per heavy atom. The number of hydrogen-bond donors (Lipinski definition) is 1. The van der Waals surface area contributed by atoms with Crippen molar-refractivity contribution in [3.63, 3.8) is 0 Å². The summed E-state index contributed by atoms with van der Waals surface area (Å²) >= 11 is 0. The molecule has 1 aliphatic heterocycles. The number of benzene rings is 1. The second kappa shape index (κ2) is 8.70. The number of amides is 1. The molecule has 1 aliphatic rings. The number of ether oxygens (including phenoxy) is 1. The van der Waals surface area contributed by atoms with Crippen molar-refractivity contribution in [2.75, 3.05) is 24.6 Å². The Hall–Kier alpha value is -2.84. The van der Waals surface area contributed by atoms with Gasteiger partial charge in [-0.15, -0.1) is 0 Å². The summed E-state index contributed by atoms with van der Waals surface area (Å²) in [6, 6.07) is 4.66. The fourth-order valence-electron chi connectivity index (χ4n) is 2.68. The lowest BCUT2D eigenvalue weighted by Gasteiger charge is -2.18. The number of esters is 1. The molecule has 1 unspecified atom stereocenters. The Bertz CT molecular complexity index is 760. The van der Waals surface area contributed by atoms with Gasteiger partial charge in [0.15, 0.2) is 0 Å². The molecule has 2 N–H and O–H groups in total. The van der Waals surface area contributed by atoms with Crippen LogP contribution in [0.2, 0.25) is 0 Å². The second-order valence-corrected chi connectivity index (χ2v) is 5.96. The molecule has 0 aromatic heterocycles. The van der Waals surface area contributed by atoms with Crippen LogP contribution in [0, 0.1) is 5.92 Å². The van der Waals surface area contributed by atoms with E-state index in [0.717, 1.165) is 18.3 Å². The van der Waals surface area contributed by atoms with Gasteiger partial charge in [-0.1, -0.05) is 6.07 Å². The Balaban J connectivity index is 2.02. The quantitative estimate of drug-likeness (QED) is 0.465. The summed E-state index contributed by atoms with van der Waals surface area (Å²) in [5.41, 5.74) is 4.85. The Kier molecular flexibility index (Phi) is 6.59. The Morgan fingerprint density at radius 3 is 2.81 bits per heavy atom. The number of hydrogen-bond acceptors (Lipinski definition) is 5. The number of carbonyl (C=O) groups excluding carboxylic acids is 2. The average Bonchev–Trinajstić information content (AvgIpc) is 2.99. The lowest BCUT2D eigenvalue weighted by atomic mass is 10.1. The van der Waals surface area contributed by atoms with Gasteiger partial charge in [0.2, 0.25) is 5.91 Å². The molecule has 0 saturated carbocycles. The smallest absolute Gasteiger partial charge is 0.416 e. The Morgan fingerprint density at radius 1 is 1.44 bits per heavy atom. The van der Waals surface area contributed by atoms with E-state index in [1.807, 2.05) is 0 Å². The summed E-state index contributed by atoms with van der Waals surface area (Å²) in [5, 5.41) is 0. The van der Waals surface area contributed by atoms with Gasteiger partial charge in [-0.05, 0) is 25.1 Å². The van der Waals surface area contributed by atoms with Gasteiger partial charge < -0.3 is 15.4 Å². The molecular formula is C18H20F3N3O3. The molecule has 6 nitrogen and oxygen atoms in total.